The van der Waals surface area contributed by atoms with Crippen LogP contribution in [0.5, 0.6) is 0 Å². The molecule has 1 aliphatic rings. The van der Waals surface area contributed by atoms with E-state index >= 15 is 0 Å². The van der Waals surface area contributed by atoms with Crippen molar-refractivity contribution < 1.29 is 9.59 Å². The van der Waals surface area contributed by atoms with Gasteiger partial charge in [-0.25, -0.2) is 0 Å². The number of amides is 2. The minimum atomic E-state index is -0.0350. The summed E-state index contributed by atoms with van der Waals surface area (Å²) in [7, 11) is 0. The molecule has 1 aromatic rings. The van der Waals surface area contributed by atoms with E-state index in [0.717, 1.165) is 12.1 Å². The molecule has 0 spiro atoms. The SMILES string of the molecule is CC(CC(=O)Nc1ccc(C(C)C)cc1)CC(=O)NC1CCCC(C)C1C. The molecule has 2 rings (SSSR count). The second kappa shape index (κ2) is 9.91. The fourth-order valence-electron chi connectivity index (χ4n) is 3.92. The van der Waals surface area contributed by atoms with Crippen molar-refractivity contribution in [3.05, 3.63) is 29.8 Å². The van der Waals surface area contributed by atoms with Crippen LogP contribution in [0.25, 0.3) is 0 Å². The average Bonchev–Trinajstić information content (AvgIpc) is 2.59. The Hall–Kier alpha value is -1.84. The summed E-state index contributed by atoms with van der Waals surface area (Å²) < 4.78 is 0. The standard InChI is InChI=1S/C23H36N2O2/c1-15(2)19-9-11-20(12-10-19)24-22(26)13-16(3)14-23(27)25-21-8-6-7-17(4)18(21)5/h9-12,15-18,21H,6-8,13-14H2,1-5H3,(H,24,26)(H,25,27). The number of carbonyl (C=O) groups excluding carboxylic acids is 2. The van der Waals surface area contributed by atoms with Crippen LogP contribution in [0.2, 0.25) is 0 Å². The van der Waals surface area contributed by atoms with Gasteiger partial charge in [-0.2, -0.15) is 0 Å². The zero-order valence-electron chi connectivity index (χ0n) is 17.5. The number of hydrogen-bond donors (Lipinski definition) is 2. The van der Waals surface area contributed by atoms with Crippen molar-refractivity contribution in [3.8, 4) is 0 Å². The lowest BCUT2D eigenvalue weighted by Gasteiger charge is -2.34. The first-order valence-electron chi connectivity index (χ1n) is 10.5. The lowest BCUT2D eigenvalue weighted by atomic mass is 9.78. The van der Waals surface area contributed by atoms with Crippen molar-refractivity contribution >= 4 is 17.5 Å². The molecule has 0 aliphatic heterocycles. The quantitative estimate of drug-likeness (QED) is 0.699. The molecule has 1 aromatic carbocycles. The Morgan fingerprint density at radius 1 is 1.00 bits per heavy atom. The predicted octanol–water partition coefficient (Wildman–Crippen LogP) is 5.11. The molecular formula is C23H36N2O2. The van der Waals surface area contributed by atoms with Gasteiger partial charge < -0.3 is 10.6 Å². The lowest BCUT2D eigenvalue weighted by Crippen LogP contribution is -2.44. The van der Waals surface area contributed by atoms with Crippen molar-refractivity contribution in [1.29, 1.82) is 0 Å². The van der Waals surface area contributed by atoms with Crippen molar-refractivity contribution in [3.63, 3.8) is 0 Å². The van der Waals surface area contributed by atoms with Crippen LogP contribution >= 0.6 is 0 Å². The van der Waals surface area contributed by atoms with E-state index in [0.29, 0.717) is 30.6 Å². The third-order valence-electron chi connectivity index (χ3n) is 5.98. The highest BCUT2D eigenvalue weighted by molar-refractivity contribution is 5.91. The van der Waals surface area contributed by atoms with Crippen LogP contribution in [0.4, 0.5) is 5.69 Å². The van der Waals surface area contributed by atoms with Gasteiger partial charge in [-0.3, -0.25) is 9.59 Å². The summed E-state index contributed by atoms with van der Waals surface area (Å²) in [4.78, 5) is 24.6. The number of rotatable bonds is 7. The molecule has 4 nitrogen and oxygen atoms in total. The molecule has 0 aromatic heterocycles. The predicted molar refractivity (Wildman–Crippen MR) is 112 cm³/mol. The molecule has 4 unspecified atom stereocenters. The summed E-state index contributed by atoms with van der Waals surface area (Å²) in [6, 6.07) is 8.25. The van der Waals surface area contributed by atoms with Crippen LogP contribution in [-0.2, 0) is 9.59 Å². The van der Waals surface area contributed by atoms with Crippen LogP contribution in [0, 0.1) is 17.8 Å². The van der Waals surface area contributed by atoms with E-state index < -0.39 is 0 Å². The van der Waals surface area contributed by atoms with Crippen molar-refractivity contribution in [1.82, 2.24) is 5.32 Å². The van der Waals surface area contributed by atoms with Gasteiger partial charge in [0.25, 0.3) is 0 Å². The summed E-state index contributed by atoms with van der Waals surface area (Å²) in [6.45, 7) is 10.8. The highest BCUT2D eigenvalue weighted by Gasteiger charge is 2.28. The Morgan fingerprint density at radius 3 is 2.26 bits per heavy atom. The summed E-state index contributed by atoms with van der Waals surface area (Å²) in [5.41, 5.74) is 2.07. The number of nitrogens with one attached hydrogen (secondary N) is 2. The van der Waals surface area contributed by atoms with Gasteiger partial charge in [0.1, 0.15) is 0 Å². The third kappa shape index (κ3) is 6.67. The number of carbonyl (C=O) groups is 2. The number of hydrogen-bond acceptors (Lipinski definition) is 2. The maximum atomic E-state index is 12.4. The van der Waals surface area contributed by atoms with Crippen LogP contribution in [0.15, 0.2) is 24.3 Å². The first kappa shape index (κ1) is 21.5. The Bertz CT molecular complexity index is 624. The largest absolute Gasteiger partial charge is 0.353 e. The second-order valence-corrected chi connectivity index (χ2v) is 8.78. The van der Waals surface area contributed by atoms with Crippen molar-refractivity contribution in [2.45, 2.75) is 78.7 Å². The fraction of sp³-hybridized carbons (Fsp3) is 0.652. The van der Waals surface area contributed by atoms with E-state index in [1.54, 1.807) is 0 Å². The summed E-state index contributed by atoms with van der Waals surface area (Å²) in [5, 5.41) is 6.13. The van der Waals surface area contributed by atoms with Gasteiger partial charge in [0, 0.05) is 24.6 Å². The molecule has 0 saturated heterocycles. The molecular weight excluding hydrogens is 336 g/mol. The molecule has 1 aliphatic carbocycles. The molecule has 27 heavy (non-hydrogen) atoms. The molecule has 0 bridgehead atoms. The topological polar surface area (TPSA) is 58.2 Å². The minimum absolute atomic E-state index is 0.0243. The van der Waals surface area contributed by atoms with Crippen molar-refractivity contribution in [2.75, 3.05) is 5.32 Å². The summed E-state index contributed by atoms with van der Waals surface area (Å²) in [5.74, 6) is 1.72. The first-order chi connectivity index (χ1) is 12.8. The highest BCUT2D eigenvalue weighted by Crippen LogP contribution is 2.29. The first-order valence-corrected chi connectivity index (χ1v) is 10.5. The molecule has 4 heteroatoms. The normalized spacial score (nSPS) is 23.7. The molecule has 150 valence electrons. The van der Waals surface area contributed by atoms with Crippen LogP contribution in [0.3, 0.4) is 0 Å². The maximum Gasteiger partial charge on any atom is 0.224 e. The zero-order valence-corrected chi connectivity index (χ0v) is 17.5. The van der Waals surface area contributed by atoms with Crippen LogP contribution < -0.4 is 10.6 Å². The summed E-state index contributed by atoms with van der Waals surface area (Å²) >= 11 is 0. The molecule has 1 saturated carbocycles. The van der Waals surface area contributed by atoms with E-state index in [4.69, 9.17) is 0 Å². The number of benzene rings is 1. The second-order valence-electron chi connectivity index (χ2n) is 8.78. The minimum Gasteiger partial charge on any atom is -0.353 e. The van der Waals surface area contributed by atoms with Gasteiger partial charge in [-0.05, 0) is 47.8 Å². The molecule has 0 radical (unpaired) electrons. The Balaban J connectivity index is 1.76. The molecule has 1 fully saturated rings. The van der Waals surface area contributed by atoms with Crippen LogP contribution in [0.1, 0.15) is 78.2 Å². The lowest BCUT2D eigenvalue weighted by molar-refractivity contribution is -0.123. The average molecular weight is 373 g/mol. The van der Waals surface area contributed by atoms with E-state index in [1.807, 2.05) is 31.2 Å². The van der Waals surface area contributed by atoms with Gasteiger partial charge >= 0.3 is 0 Å². The summed E-state index contributed by atoms with van der Waals surface area (Å²) in [6.07, 6.45) is 4.26. The van der Waals surface area contributed by atoms with Gasteiger partial charge in [0.05, 0.1) is 0 Å². The highest BCUT2D eigenvalue weighted by atomic mass is 16.2. The molecule has 0 heterocycles. The Labute approximate surface area is 164 Å². The van der Waals surface area contributed by atoms with E-state index in [2.05, 4.69) is 38.3 Å². The molecule has 2 amide bonds. The fourth-order valence-corrected chi connectivity index (χ4v) is 3.92. The molecule has 2 N–H and O–H groups in total. The van der Waals surface area contributed by atoms with Gasteiger partial charge in [-0.15, -0.1) is 0 Å². The molecule has 4 atom stereocenters. The monoisotopic (exact) mass is 372 g/mol. The van der Waals surface area contributed by atoms with Gasteiger partial charge in [-0.1, -0.05) is 59.6 Å². The van der Waals surface area contributed by atoms with Crippen molar-refractivity contribution in [2.24, 2.45) is 17.8 Å². The third-order valence-corrected chi connectivity index (χ3v) is 5.98. The Morgan fingerprint density at radius 2 is 1.63 bits per heavy atom. The van der Waals surface area contributed by atoms with E-state index in [9.17, 15) is 9.59 Å². The zero-order chi connectivity index (χ0) is 20.0. The smallest absolute Gasteiger partial charge is 0.224 e. The van der Waals surface area contributed by atoms with Gasteiger partial charge in [0.2, 0.25) is 11.8 Å². The maximum absolute atomic E-state index is 12.4. The van der Waals surface area contributed by atoms with E-state index in [-0.39, 0.29) is 23.8 Å². The Kier molecular flexibility index (Phi) is 7.88. The van der Waals surface area contributed by atoms with E-state index in [1.165, 1.54) is 18.4 Å². The van der Waals surface area contributed by atoms with Crippen LogP contribution in [-0.4, -0.2) is 17.9 Å². The van der Waals surface area contributed by atoms with Gasteiger partial charge in [0.15, 0.2) is 0 Å². The number of anilines is 1.